The topological polar surface area (TPSA) is 104 Å². The van der Waals surface area contributed by atoms with Crippen molar-refractivity contribution in [3.8, 4) is 0 Å². The van der Waals surface area contributed by atoms with Crippen LogP contribution in [0.4, 0.5) is 0 Å². The van der Waals surface area contributed by atoms with Crippen molar-refractivity contribution in [2.24, 2.45) is 0 Å². The van der Waals surface area contributed by atoms with Crippen LogP contribution < -0.4 is 5.32 Å². The summed E-state index contributed by atoms with van der Waals surface area (Å²) in [5, 5.41) is 11.6. The lowest BCUT2D eigenvalue weighted by Gasteiger charge is -2.16. The minimum atomic E-state index is -3.77. The molecule has 1 fully saturated rings. The molecule has 1 unspecified atom stereocenters. The summed E-state index contributed by atoms with van der Waals surface area (Å²) in [5.74, 6) is -1.37. The molecule has 0 radical (unpaired) electrons. The minimum absolute atomic E-state index is 0.0435. The van der Waals surface area contributed by atoms with Crippen LogP contribution in [0.5, 0.6) is 0 Å². The third-order valence-electron chi connectivity index (χ3n) is 3.04. The number of nitrogens with one attached hydrogen (secondary N) is 1. The lowest BCUT2D eigenvalue weighted by Crippen LogP contribution is -2.37. The van der Waals surface area contributed by atoms with Crippen LogP contribution in [0, 0.1) is 0 Å². The number of carboxylic acids is 1. The van der Waals surface area contributed by atoms with Gasteiger partial charge in [-0.25, -0.2) is 13.2 Å². The van der Waals surface area contributed by atoms with Gasteiger partial charge in [-0.2, -0.15) is 4.31 Å². The van der Waals surface area contributed by atoms with Crippen LogP contribution in [-0.2, 0) is 14.8 Å². The fraction of sp³-hybridized carbons (Fsp3) is 0.455. The number of carbonyl (C=O) groups is 2. The van der Waals surface area contributed by atoms with Crippen molar-refractivity contribution in [1.29, 1.82) is 0 Å². The summed E-state index contributed by atoms with van der Waals surface area (Å²) < 4.78 is 26.6. The van der Waals surface area contributed by atoms with Crippen molar-refractivity contribution < 1.29 is 23.1 Å². The molecule has 21 heavy (non-hydrogen) atoms. The molecule has 1 amide bonds. The Kier molecular flexibility index (Phi) is 4.71. The van der Waals surface area contributed by atoms with Crippen LogP contribution in [0.1, 0.15) is 23.0 Å². The molecule has 2 heterocycles. The van der Waals surface area contributed by atoms with Crippen LogP contribution in [-0.4, -0.2) is 48.8 Å². The van der Waals surface area contributed by atoms with E-state index in [1.165, 1.54) is 11.2 Å². The molecule has 116 valence electrons. The van der Waals surface area contributed by atoms with E-state index in [1.807, 2.05) is 0 Å². The van der Waals surface area contributed by atoms with Gasteiger partial charge in [-0.15, -0.1) is 11.3 Å². The molecule has 1 saturated heterocycles. The molecule has 0 aliphatic carbocycles. The molecule has 0 bridgehead atoms. The first-order valence-electron chi connectivity index (χ1n) is 6.01. The van der Waals surface area contributed by atoms with E-state index in [2.05, 4.69) is 21.2 Å². The maximum absolute atomic E-state index is 12.5. The Morgan fingerprint density at radius 1 is 1.52 bits per heavy atom. The van der Waals surface area contributed by atoms with Gasteiger partial charge in [0.25, 0.3) is 0 Å². The molecule has 0 saturated carbocycles. The van der Waals surface area contributed by atoms with E-state index in [9.17, 15) is 18.0 Å². The highest BCUT2D eigenvalue weighted by Gasteiger charge is 2.35. The molecule has 7 nitrogen and oxygen atoms in total. The van der Waals surface area contributed by atoms with Gasteiger partial charge in [0.15, 0.2) is 0 Å². The normalized spacial score (nSPS) is 19.6. The summed E-state index contributed by atoms with van der Waals surface area (Å²) in [7, 11) is -3.77. The zero-order valence-electron chi connectivity index (χ0n) is 11.0. The van der Waals surface area contributed by atoms with Gasteiger partial charge in [0, 0.05) is 26.1 Å². The zero-order chi connectivity index (χ0) is 15.8. The van der Waals surface area contributed by atoms with Crippen molar-refractivity contribution in [2.45, 2.75) is 24.3 Å². The summed E-state index contributed by atoms with van der Waals surface area (Å²) in [6.45, 7) is 1.86. The number of amides is 1. The second kappa shape index (κ2) is 6.03. The Balaban J connectivity index is 2.23. The molecular weight excluding hydrogens is 384 g/mol. The van der Waals surface area contributed by atoms with Crippen molar-refractivity contribution in [3.63, 3.8) is 0 Å². The molecule has 1 aromatic heterocycles. The number of sulfonamides is 1. The second-order valence-corrected chi connectivity index (χ2v) is 8.88. The lowest BCUT2D eigenvalue weighted by atomic mass is 10.3. The predicted octanol–water partition coefficient (Wildman–Crippen LogP) is 1.11. The number of nitrogens with zero attached hydrogens (tertiary/aromatic N) is 1. The number of halogens is 1. The van der Waals surface area contributed by atoms with Crippen molar-refractivity contribution >= 4 is 49.2 Å². The Bertz CT molecular complexity index is 685. The quantitative estimate of drug-likeness (QED) is 0.792. The van der Waals surface area contributed by atoms with Gasteiger partial charge in [0.2, 0.25) is 15.9 Å². The average molecular weight is 397 g/mol. The lowest BCUT2D eigenvalue weighted by molar-refractivity contribution is -0.119. The van der Waals surface area contributed by atoms with Gasteiger partial charge >= 0.3 is 5.97 Å². The van der Waals surface area contributed by atoms with Crippen molar-refractivity contribution in [1.82, 2.24) is 9.62 Å². The monoisotopic (exact) mass is 396 g/mol. The number of carboxylic acid groups (broad SMARTS) is 1. The standard InChI is InChI=1S/C11H13BrN2O5S2/c1-6(15)13-7-2-3-14(5-7)21(18,19)9-4-8(11(16)17)20-10(9)12/h4,7H,2-3,5H2,1H3,(H,13,15)(H,16,17). The molecule has 1 aliphatic heterocycles. The zero-order valence-corrected chi connectivity index (χ0v) is 14.2. The van der Waals surface area contributed by atoms with E-state index in [4.69, 9.17) is 5.11 Å². The van der Waals surface area contributed by atoms with E-state index >= 15 is 0 Å². The molecule has 1 atom stereocenters. The van der Waals surface area contributed by atoms with Gasteiger partial charge in [-0.05, 0) is 28.4 Å². The number of hydrogen-bond donors (Lipinski definition) is 2. The highest BCUT2D eigenvalue weighted by molar-refractivity contribution is 9.11. The SMILES string of the molecule is CC(=O)NC1CCN(S(=O)(=O)c2cc(C(=O)O)sc2Br)C1. The third kappa shape index (κ3) is 3.44. The van der Waals surface area contributed by atoms with Crippen LogP contribution in [0.15, 0.2) is 14.7 Å². The third-order valence-corrected chi connectivity index (χ3v) is 7.15. The Morgan fingerprint density at radius 3 is 2.71 bits per heavy atom. The van der Waals surface area contributed by atoms with E-state index in [0.29, 0.717) is 6.42 Å². The summed E-state index contributed by atoms with van der Waals surface area (Å²) in [6.07, 6.45) is 0.534. The van der Waals surface area contributed by atoms with E-state index in [-0.39, 0.29) is 38.6 Å². The second-order valence-electron chi connectivity index (χ2n) is 4.60. The van der Waals surface area contributed by atoms with E-state index < -0.39 is 16.0 Å². The van der Waals surface area contributed by atoms with Gasteiger partial charge < -0.3 is 10.4 Å². The average Bonchev–Trinajstić information content (AvgIpc) is 2.95. The first-order chi connectivity index (χ1) is 9.71. The molecule has 0 spiro atoms. The molecule has 2 N–H and O–H groups in total. The maximum atomic E-state index is 12.5. The van der Waals surface area contributed by atoms with E-state index in [0.717, 1.165) is 17.4 Å². The number of aromatic carboxylic acids is 1. The van der Waals surface area contributed by atoms with Gasteiger partial charge in [-0.1, -0.05) is 0 Å². The Morgan fingerprint density at radius 2 is 2.19 bits per heavy atom. The van der Waals surface area contributed by atoms with Crippen LogP contribution in [0.3, 0.4) is 0 Å². The fourth-order valence-corrected chi connectivity index (χ4v) is 5.98. The maximum Gasteiger partial charge on any atom is 0.345 e. The molecular formula is C11H13BrN2O5S2. The minimum Gasteiger partial charge on any atom is -0.477 e. The summed E-state index contributed by atoms with van der Waals surface area (Å²) >= 11 is 3.96. The Hall–Kier alpha value is -0.970. The van der Waals surface area contributed by atoms with Crippen LogP contribution in [0.25, 0.3) is 0 Å². The number of thiophene rings is 1. The Labute approximate surface area is 134 Å². The highest BCUT2D eigenvalue weighted by atomic mass is 79.9. The van der Waals surface area contributed by atoms with Crippen LogP contribution in [0.2, 0.25) is 0 Å². The number of carbonyl (C=O) groups excluding carboxylic acids is 1. The summed E-state index contributed by atoms with van der Waals surface area (Å²) in [6, 6.07) is 0.937. The molecule has 2 rings (SSSR count). The first-order valence-corrected chi connectivity index (χ1v) is 9.06. The van der Waals surface area contributed by atoms with Gasteiger partial charge in [-0.3, -0.25) is 4.79 Å². The predicted molar refractivity (Wildman–Crippen MR) is 80.0 cm³/mol. The smallest absolute Gasteiger partial charge is 0.345 e. The molecule has 0 aromatic carbocycles. The van der Waals surface area contributed by atoms with Gasteiger partial charge in [0.1, 0.15) is 9.77 Å². The first kappa shape index (κ1) is 16.4. The van der Waals surface area contributed by atoms with E-state index in [1.54, 1.807) is 0 Å². The summed E-state index contributed by atoms with van der Waals surface area (Å²) in [5.41, 5.74) is 0. The van der Waals surface area contributed by atoms with Gasteiger partial charge in [0.05, 0.1) is 3.79 Å². The number of hydrogen-bond acceptors (Lipinski definition) is 5. The van der Waals surface area contributed by atoms with Crippen LogP contribution >= 0.6 is 27.3 Å². The molecule has 1 aliphatic rings. The largest absolute Gasteiger partial charge is 0.477 e. The molecule has 10 heteroatoms. The number of rotatable bonds is 4. The molecule has 1 aromatic rings. The summed E-state index contributed by atoms with van der Waals surface area (Å²) in [4.78, 5) is 21.8. The highest BCUT2D eigenvalue weighted by Crippen LogP contribution is 2.34. The fourth-order valence-electron chi connectivity index (χ4n) is 2.12. The van der Waals surface area contributed by atoms with Crippen molar-refractivity contribution in [2.75, 3.05) is 13.1 Å². The van der Waals surface area contributed by atoms with Crippen molar-refractivity contribution in [3.05, 3.63) is 14.7 Å².